The summed E-state index contributed by atoms with van der Waals surface area (Å²) in [5.74, 6) is 0.693. The predicted octanol–water partition coefficient (Wildman–Crippen LogP) is 4.36. The fourth-order valence-electron chi connectivity index (χ4n) is 2.70. The molecule has 0 bridgehead atoms. The second-order valence-corrected chi connectivity index (χ2v) is 7.44. The van der Waals surface area contributed by atoms with E-state index >= 15 is 0 Å². The van der Waals surface area contributed by atoms with Crippen LogP contribution in [0.1, 0.15) is 63.6 Å². The van der Waals surface area contributed by atoms with Crippen LogP contribution in [-0.2, 0) is 5.41 Å². The van der Waals surface area contributed by atoms with E-state index in [-0.39, 0.29) is 5.41 Å². The van der Waals surface area contributed by atoms with Crippen molar-refractivity contribution < 1.29 is 0 Å². The van der Waals surface area contributed by atoms with Crippen LogP contribution in [0.2, 0.25) is 0 Å². The second-order valence-electron chi connectivity index (χ2n) is 6.59. The Labute approximate surface area is 121 Å². The van der Waals surface area contributed by atoms with Crippen LogP contribution in [0, 0.1) is 5.92 Å². The lowest BCUT2D eigenvalue weighted by molar-refractivity contribution is 0.401. The Balaban J connectivity index is 2.15. The van der Waals surface area contributed by atoms with Crippen molar-refractivity contribution in [3.63, 3.8) is 0 Å². The molecule has 0 aromatic carbocycles. The van der Waals surface area contributed by atoms with E-state index in [2.05, 4.69) is 32.2 Å². The molecule has 2 rings (SSSR count). The topological polar surface area (TPSA) is 38.9 Å². The first-order valence-corrected chi connectivity index (χ1v) is 8.25. The quantitative estimate of drug-likeness (QED) is 0.892. The Kier molecular flexibility index (Phi) is 4.80. The number of aromatic nitrogens is 1. The number of nitrogens with zero attached hydrogens (tertiary/aromatic N) is 1. The summed E-state index contributed by atoms with van der Waals surface area (Å²) in [6.45, 7) is 7.31. The minimum Gasteiger partial charge on any atom is -0.327 e. The van der Waals surface area contributed by atoms with Gasteiger partial charge in [0, 0.05) is 17.3 Å². The maximum atomic E-state index is 5.95. The van der Waals surface area contributed by atoms with Crippen LogP contribution < -0.4 is 5.73 Å². The molecule has 106 valence electrons. The van der Waals surface area contributed by atoms with Crippen LogP contribution in [0.3, 0.4) is 0 Å². The molecule has 1 aliphatic carbocycles. The first kappa shape index (κ1) is 14.7. The van der Waals surface area contributed by atoms with E-state index in [4.69, 9.17) is 10.7 Å². The molecule has 0 spiro atoms. The lowest BCUT2D eigenvalue weighted by atomic mass is 9.83. The van der Waals surface area contributed by atoms with Gasteiger partial charge in [0.05, 0.1) is 10.7 Å². The Morgan fingerprint density at radius 2 is 2.05 bits per heavy atom. The zero-order chi connectivity index (χ0) is 13.9. The third-order valence-electron chi connectivity index (χ3n) is 3.86. The second kappa shape index (κ2) is 6.19. The average molecular weight is 278 g/mol. The molecule has 1 heterocycles. The summed E-state index contributed by atoms with van der Waals surface area (Å²) in [7, 11) is 0. The van der Waals surface area contributed by atoms with E-state index in [1.165, 1.54) is 42.7 Å². The van der Waals surface area contributed by atoms with Crippen molar-refractivity contribution in [3.05, 3.63) is 21.7 Å². The first-order valence-electron chi connectivity index (χ1n) is 7.37. The van der Waals surface area contributed by atoms with Crippen molar-refractivity contribution in [2.24, 2.45) is 11.7 Å². The number of hydrogen-bond acceptors (Lipinski definition) is 3. The molecule has 3 heteroatoms. The van der Waals surface area contributed by atoms with Crippen LogP contribution in [0.4, 0.5) is 0 Å². The van der Waals surface area contributed by atoms with Gasteiger partial charge in [0.2, 0.25) is 0 Å². The Hall–Kier alpha value is -0.670. The minimum absolute atomic E-state index is 0.143. The molecule has 19 heavy (non-hydrogen) atoms. The maximum Gasteiger partial charge on any atom is 0.0985 e. The highest BCUT2D eigenvalue weighted by Gasteiger charge is 2.19. The number of nitrogens with two attached hydrogens (primary N) is 1. The van der Waals surface area contributed by atoms with Gasteiger partial charge in [-0.15, -0.1) is 11.3 Å². The van der Waals surface area contributed by atoms with E-state index < -0.39 is 0 Å². The van der Waals surface area contributed by atoms with E-state index in [9.17, 15) is 0 Å². The van der Waals surface area contributed by atoms with Crippen LogP contribution in [0.5, 0.6) is 0 Å². The van der Waals surface area contributed by atoms with Crippen molar-refractivity contribution in [1.82, 2.24) is 4.98 Å². The van der Waals surface area contributed by atoms with Gasteiger partial charge in [-0.2, -0.15) is 0 Å². The molecule has 2 nitrogen and oxygen atoms in total. The van der Waals surface area contributed by atoms with E-state index in [1.54, 1.807) is 11.3 Å². The summed E-state index contributed by atoms with van der Waals surface area (Å²) in [5.41, 5.74) is 8.59. The van der Waals surface area contributed by atoms with Crippen molar-refractivity contribution in [3.8, 4) is 0 Å². The summed E-state index contributed by atoms with van der Waals surface area (Å²) in [6.07, 6.45) is 8.94. The number of thiazole rings is 1. The predicted molar refractivity (Wildman–Crippen MR) is 84.4 cm³/mol. The lowest BCUT2D eigenvalue weighted by Crippen LogP contribution is -2.16. The molecule has 1 aliphatic rings. The van der Waals surface area contributed by atoms with Crippen molar-refractivity contribution in [2.75, 3.05) is 6.54 Å². The maximum absolute atomic E-state index is 5.95. The Bertz CT molecular complexity index is 434. The smallest absolute Gasteiger partial charge is 0.0985 e. The molecule has 1 saturated carbocycles. The summed E-state index contributed by atoms with van der Waals surface area (Å²) < 4.78 is 0. The molecule has 0 saturated heterocycles. The number of hydrogen-bond donors (Lipinski definition) is 1. The minimum atomic E-state index is 0.143. The van der Waals surface area contributed by atoms with Crippen LogP contribution in [0.25, 0.3) is 6.08 Å². The zero-order valence-corrected chi connectivity index (χ0v) is 13.2. The lowest BCUT2D eigenvalue weighted by Gasteiger charge is -2.23. The fourth-order valence-corrected chi connectivity index (χ4v) is 3.57. The van der Waals surface area contributed by atoms with Crippen LogP contribution in [0.15, 0.2) is 11.0 Å². The van der Waals surface area contributed by atoms with Gasteiger partial charge in [0.1, 0.15) is 0 Å². The Morgan fingerprint density at radius 3 is 2.58 bits per heavy atom. The molecule has 0 aliphatic heterocycles. The summed E-state index contributed by atoms with van der Waals surface area (Å²) in [5, 5.41) is 3.37. The van der Waals surface area contributed by atoms with Crippen molar-refractivity contribution >= 4 is 17.4 Å². The third-order valence-corrected chi connectivity index (χ3v) is 5.15. The highest BCUT2D eigenvalue weighted by Crippen LogP contribution is 2.31. The van der Waals surface area contributed by atoms with Gasteiger partial charge < -0.3 is 5.73 Å². The molecule has 0 unspecified atom stereocenters. The molecule has 1 aromatic rings. The summed E-state index contributed by atoms with van der Waals surface area (Å²) in [4.78, 5) is 4.75. The standard InChI is InChI=1S/C16H26N2S/c1-16(2,3)15-18-14(11-19-15)9-13(10-17)12-7-5-4-6-8-12/h9,11-12H,4-8,10,17H2,1-3H3/b13-9-. The van der Waals surface area contributed by atoms with Crippen LogP contribution >= 0.6 is 11.3 Å². The van der Waals surface area contributed by atoms with Gasteiger partial charge in [-0.3, -0.25) is 0 Å². The van der Waals surface area contributed by atoms with Gasteiger partial charge in [0.15, 0.2) is 0 Å². The highest BCUT2D eigenvalue weighted by molar-refractivity contribution is 7.09. The van der Waals surface area contributed by atoms with E-state index in [0.717, 1.165) is 5.69 Å². The van der Waals surface area contributed by atoms with Crippen LogP contribution in [-0.4, -0.2) is 11.5 Å². The Morgan fingerprint density at radius 1 is 1.37 bits per heavy atom. The van der Waals surface area contributed by atoms with E-state index in [1.807, 2.05) is 0 Å². The third kappa shape index (κ3) is 3.90. The van der Waals surface area contributed by atoms with Gasteiger partial charge in [0.25, 0.3) is 0 Å². The van der Waals surface area contributed by atoms with E-state index in [0.29, 0.717) is 12.5 Å². The highest BCUT2D eigenvalue weighted by atomic mass is 32.1. The summed E-state index contributed by atoms with van der Waals surface area (Å²) >= 11 is 1.76. The van der Waals surface area contributed by atoms with Gasteiger partial charge >= 0.3 is 0 Å². The molecular formula is C16H26N2S. The van der Waals surface area contributed by atoms with Gasteiger partial charge in [-0.05, 0) is 24.8 Å². The number of rotatable bonds is 3. The molecular weight excluding hydrogens is 252 g/mol. The monoisotopic (exact) mass is 278 g/mol. The van der Waals surface area contributed by atoms with Crippen molar-refractivity contribution in [1.29, 1.82) is 0 Å². The normalized spacial score (nSPS) is 18.8. The molecule has 0 amide bonds. The average Bonchev–Trinajstić information content (AvgIpc) is 2.85. The molecule has 0 radical (unpaired) electrons. The van der Waals surface area contributed by atoms with Gasteiger partial charge in [-0.1, -0.05) is 45.6 Å². The van der Waals surface area contributed by atoms with Crippen molar-refractivity contribution in [2.45, 2.75) is 58.3 Å². The molecule has 1 fully saturated rings. The SMILES string of the molecule is CC(C)(C)c1nc(/C=C(/CN)C2CCCCC2)cs1. The van der Waals surface area contributed by atoms with Gasteiger partial charge in [-0.25, -0.2) is 4.98 Å². The largest absolute Gasteiger partial charge is 0.327 e. The fraction of sp³-hybridized carbons (Fsp3) is 0.688. The molecule has 0 atom stereocenters. The summed E-state index contributed by atoms with van der Waals surface area (Å²) in [6, 6.07) is 0. The zero-order valence-electron chi connectivity index (χ0n) is 12.4. The first-order chi connectivity index (χ1) is 9.00. The molecule has 2 N–H and O–H groups in total. The molecule has 1 aromatic heterocycles.